The first-order valence-electron chi connectivity index (χ1n) is 6.57. The predicted octanol–water partition coefficient (Wildman–Crippen LogP) is 1.85. The summed E-state index contributed by atoms with van der Waals surface area (Å²) in [6, 6.07) is 9.76. The molecule has 1 aromatic carbocycles. The van der Waals surface area contributed by atoms with E-state index in [1.165, 1.54) is 0 Å². The fourth-order valence-corrected chi connectivity index (χ4v) is 2.26. The fraction of sp³-hybridized carbons (Fsp3) is 0.533. The smallest absolute Gasteiger partial charge is 0.230 e. The van der Waals surface area contributed by atoms with Crippen LogP contribution in [0.3, 0.4) is 0 Å². The number of aliphatic hydroxyl groups is 1. The first-order chi connectivity index (χ1) is 8.60. The molecule has 3 nitrogen and oxygen atoms in total. The van der Waals surface area contributed by atoms with Gasteiger partial charge >= 0.3 is 0 Å². The van der Waals surface area contributed by atoms with Crippen LogP contribution < -0.4 is 5.32 Å². The summed E-state index contributed by atoms with van der Waals surface area (Å²) in [6.07, 6.45) is 1.80. The molecular weight excluding hydrogens is 226 g/mol. The van der Waals surface area contributed by atoms with Crippen LogP contribution in [0.25, 0.3) is 0 Å². The number of benzene rings is 1. The van der Waals surface area contributed by atoms with Crippen LogP contribution in [0.1, 0.15) is 32.3 Å². The van der Waals surface area contributed by atoms with Gasteiger partial charge in [-0.1, -0.05) is 44.2 Å². The van der Waals surface area contributed by atoms with Gasteiger partial charge in [0.2, 0.25) is 5.91 Å². The molecular formula is C15H21NO2. The summed E-state index contributed by atoms with van der Waals surface area (Å²) in [6.45, 7) is 4.00. The molecule has 1 atom stereocenters. The van der Waals surface area contributed by atoms with Crippen LogP contribution >= 0.6 is 0 Å². The first-order valence-corrected chi connectivity index (χ1v) is 6.57. The number of aliphatic hydroxyl groups excluding tert-OH is 1. The molecule has 1 aromatic rings. The number of amides is 1. The highest BCUT2D eigenvalue weighted by atomic mass is 16.3. The summed E-state index contributed by atoms with van der Waals surface area (Å²) >= 11 is 0. The molecule has 1 aliphatic carbocycles. The lowest BCUT2D eigenvalue weighted by molar-refractivity contribution is -0.125. The average Bonchev–Trinajstić information content (AvgIpc) is 3.18. The highest BCUT2D eigenvalue weighted by Gasteiger charge is 2.51. The van der Waals surface area contributed by atoms with E-state index in [0.29, 0.717) is 0 Å². The molecule has 18 heavy (non-hydrogen) atoms. The second kappa shape index (κ2) is 5.11. The minimum Gasteiger partial charge on any atom is -0.394 e. The molecule has 3 heteroatoms. The molecule has 98 valence electrons. The van der Waals surface area contributed by atoms with Gasteiger partial charge in [0.05, 0.1) is 18.1 Å². The summed E-state index contributed by atoms with van der Waals surface area (Å²) in [5, 5.41) is 12.3. The van der Waals surface area contributed by atoms with Gasteiger partial charge in [-0.3, -0.25) is 4.79 Å². The molecule has 0 spiro atoms. The van der Waals surface area contributed by atoms with E-state index in [1.54, 1.807) is 0 Å². The van der Waals surface area contributed by atoms with Crippen molar-refractivity contribution in [3.63, 3.8) is 0 Å². The molecule has 0 bridgehead atoms. The van der Waals surface area contributed by atoms with E-state index in [1.807, 2.05) is 44.2 Å². The van der Waals surface area contributed by atoms with Crippen LogP contribution in [-0.2, 0) is 10.2 Å². The molecule has 0 radical (unpaired) electrons. The number of carbonyl (C=O) groups is 1. The summed E-state index contributed by atoms with van der Waals surface area (Å²) < 4.78 is 0. The van der Waals surface area contributed by atoms with Crippen LogP contribution in [-0.4, -0.2) is 23.7 Å². The molecule has 1 aliphatic rings. The maximum atomic E-state index is 12.4. The topological polar surface area (TPSA) is 49.3 Å². The van der Waals surface area contributed by atoms with E-state index in [4.69, 9.17) is 0 Å². The van der Waals surface area contributed by atoms with E-state index in [2.05, 4.69) is 5.32 Å². The Morgan fingerprint density at radius 1 is 1.33 bits per heavy atom. The molecule has 1 saturated carbocycles. The van der Waals surface area contributed by atoms with E-state index in [9.17, 15) is 9.90 Å². The van der Waals surface area contributed by atoms with Crippen LogP contribution in [0, 0.1) is 5.92 Å². The largest absolute Gasteiger partial charge is 0.394 e. The number of hydrogen-bond acceptors (Lipinski definition) is 2. The standard InChI is InChI=1S/C15H21NO2/c1-11(2)13(10-17)16-14(18)15(8-9-15)12-6-4-3-5-7-12/h3-7,11,13,17H,8-10H2,1-2H3,(H,16,18)/t13-/m1/s1. The van der Waals surface area contributed by atoms with Crippen molar-refractivity contribution in [1.29, 1.82) is 0 Å². The lowest BCUT2D eigenvalue weighted by atomic mass is 9.94. The summed E-state index contributed by atoms with van der Waals surface area (Å²) in [5.74, 6) is 0.298. The number of carbonyl (C=O) groups excluding carboxylic acids is 1. The molecule has 0 saturated heterocycles. The van der Waals surface area contributed by atoms with Crippen molar-refractivity contribution < 1.29 is 9.90 Å². The Morgan fingerprint density at radius 3 is 2.39 bits per heavy atom. The van der Waals surface area contributed by atoms with Crippen LogP contribution in [0.2, 0.25) is 0 Å². The van der Waals surface area contributed by atoms with Gasteiger partial charge in [-0.25, -0.2) is 0 Å². The van der Waals surface area contributed by atoms with E-state index < -0.39 is 0 Å². The molecule has 1 fully saturated rings. The van der Waals surface area contributed by atoms with E-state index in [-0.39, 0.29) is 29.9 Å². The third kappa shape index (κ3) is 2.41. The number of rotatable bonds is 5. The third-order valence-corrected chi connectivity index (χ3v) is 3.83. The Bertz CT molecular complexity index is 410. The zero-order valence-corrected chi connectivity index (χ0v) is 11.0. The Kier molecular flexibility index (Phi) is 3.71. The van der Waals surface area contributed by atoms with Crippen molar-refractivity contribution in [1.82, 2.24) is 5.32 Å². The van der Waals surface area contributed by atoms with Gasteiger partial charge in [0.1, 0.15) is 0 Å². The monoisotopic (exact) mass is 247 g/mol. The zero-order chi connectivity index (χ0) is 13.2. The average molecular weight is 247 g/mol. The summed E-state index contributed by atoms with van der Waals surface area (Å²) in [7, 11) is 0. The highest BCUT2D eigenvalue weighted by Crippen LogP contribution is 2.48. The highest BCUT2D eigenvalue weighted by molar-refractivity contribution is 5.91. The van der Waals surface area contributed by atoms with Gasteiger partial charge in [-0.15, -0.1) is 0 Å². The van der Waals surface area contributed by atoms with Crippen molar-refractivity contribution in [2.24, 2.45) is 5.92 Å². The Hall–Kier alpha value is -1.35. The normalized spacial score (nSPS) is 18.4. The molecule has 2 rings (SSSR count). The molecule has 0 unspecified atom stereocenters. The van der Waals surface area contributed by atoms with Crippen molar-refractivity contribution in [3.8, 4) is 0 Å². The van der Waals surface area contributed by atoms with Crippen LogP contribution in [0.15, 0.2) is 30.3 Å². The maximum Gasteiger partial charge on any atom is 0.230 e. The van der Waals surface area contributed by atoms with Crippen molar-refractivity contribution in [2.45, 2.75) is 38.1 Å². The van der Waals surface area contributed by atoms with Crippen molar-refractivity contribution in [2.75, 3.05) is 6.61 Å². The maximum absolute atomic E-state index is 12.4. The van der Waals surface area contributed by atoms with Crippen molar-refractivity contribution >= 4 is 5.91 Å². The van der Waals surface area contributed by atoms with Gasteiger partial charge in [-0.2, -0.15) is 0 Å². The van der Waals surface area contributed by atoms with Gasteiger partial charge in [-0.05, 0) is 24.3 Å². The second-order valence-electron chi connectivity index (χ2n) is 5.45. The van der Waals surface area contributed by atoms with E-state index in [0.717, 1.165) is 18.4 Å². The molecule has 0 heterocycles. The molecule has 1 amide bonds. The summed E-state index contributed by atoms with van der Waals surface area (Å²) in [5.41, 5.74) is 0.742. The molecule has 0 aromatic heterocycles. The van der Waals surface area contributed by atoms with Crippen molar-refractivity contribution in [3.05, 3.63) is 35.9 Å². The third-order valence-electron chi connectivity index (χ3n) is 3.83. The van der Waals surface area contributed by atoms with Crippen LogP contribution in [0.5, 0.6) is 0 Å². The minimum absolute atomic E-state index is 0.00568. The zero-order valence-electron chi connectivity index (χ0n) is 11.0. The van der Waals surface area contributed by atoms with Gasteiger partial charge < -0.3 is 10.4 Å². The number of nitrogens with one attached hydrogen (secondary N) is 1. The number of hydrogen-bond donors (Lipinski definition) is 2. The lowest BCUT2D eigenvalue weighted by Gasteiger charge is -2.23. The Labute approximate surface area is 108 Å². The van der Waals surface area contributed by atoms with Gasteiger partial charge in [0.25, 0.3) is 0 Å². The van der Waals surface area contributed by atoms with Gasteiger partial charge in [0.15, 0.2) is 0 Å². The first kappa shape index (κ1) is 13.1. The molecule has 2 N–H and O–H groups in total. The van der Waals surface area contributed by atoms with Gasteiger partial charge in [0, 0.05) is 0 Å². The Balaban J connectivity index is 2.10. The Morgan fingerprint density at radius 2 is 1.94 bits per heavy atom. The fourth-order valence-electron chi connectivity index (χ4n) is 2.26. The van der Waals surface area contributed by atoms with Crippen LogP contribution in [0.4, 0.5) is 0 Å². The predicted molar refractivity (Wildman–Crippen MR) is 71.2 cm³/mol. The summed E-state index contributed by atoms with van der Waals surface area (Å²) in [4.78, 5) is 12.4. The SMILES string of the molecule is CC(C)[C@@H](CO)NC(=O)C1(c2ccccc2)CC1. The quantitative estimate of drug-likeness (QED) is 0.834. The molecule has 0 aliphatic heterocycles. The lowest BCUT2D eigenvalue weighted by Crippen LogP contribution is -2.45. The minimum atomic E-state index is -0.344. The van der Waals surface area contributed by atoms with E-state index >= 15 is 0 Å². The second-order valence-corrected chi connectivity index (χ2v) is 5.45.